The maximum atomic E-state index is 14.2. The van der Waals surface area contributed by atoms with Crippen molar-refractivity contribution in [3.63, 3.8) is 0 Å². The molecule has 0 aliphatic rings. The average molecular weight is 424 g/mol. The quantitative estimate of drug-likeness (QED) is 0.527. The Bertz CT molecular complexity index is 1090. The van der Waals surface area contributed by atoms with Gasteiger partial charge in [-0.1, -0.05) is 36.4 Å². The second kappa shape index (κ2) is 9.45. The van der Waals surface area contributed by atoms with E-state index in [1.807, 2.05) is 31.2 Å². The molecule has 0 saturated heterocycles. The monoisotopic (exact) mass is 423 g/mol. The van der Waals surface area contributed by atoms with E-state index in [9.17, 15) is 14.0 Å². The summed E-state index contributed by atoms with van der Waals surface area (Å²) in [6.45, 7) is 3.87. The van der Waals surface area contributed by atoms with Gasteiger partial charge in [0, 0.05) is 32.0 Å². The van der Waals surface area contributed by atoms with Crippen LogP contribution < -0.4 is 4.90 Å². The van der Waals surface area contributed by atoms with Crippen molar-refractivity contribution in [2.45, 2.75) is 20.4 Å². The zero-order valence-corrected chi connectivity index (χ0v) is 17.8. The van der Waals surface area contributed by atoms with Gasteiger partial charge in [-0.2, -0.15) is 0 Å². The number of rotatable bonds is 6. The molecule has 1 heterocycles. The van der Waals surface area contributed by atoms with Gasteiger partial charge in [0.05, 0.1) is 11.4 Å². The number of hydrogen-bond donors (Lipinski definition) is 0. The average Bonchev–Trinajstić information content (AvgIpc) is 3.17. The highest BCUT2D eigenvalue weighted by Gasteiger charge is 2.20. The highest BCUT2D eigenvalue weighted by atomic mass is 32.1. The van der Waals surface area contributed by atoms with Gasteiger partial charge in [0.25, 0.3) is 0 Å². The first-order chi connectivity index (χ1) is 14.4. The van der Waals surface area contributed by atoms with Crippen LogP contribution in [0.3, 0.4) is 0 Å². The highest BCUT2D eigenvalue weighted by Crippen LogP contribution is 2.31. The molecule has 3 rings (SSSR count). The minimum absolute atomic E-state index is 0.143. The third-order valence-electron chi connectivity index (χ3n) is 4.55. The molecular formula is C23H22FN3O2S. The standard InChI is InChI=1S/C23H22FN3O2S/c1-16-8-4-5-9-18(16)14-26(3)22(29)13-12-19-15-30-23(25-19)27(17(2)28)21-11-7-6-10-20(21)24/h4-13,15H,14H2,1-3H3/b13-12+. The number of likely N-dealkylation sites (N-methyl/N-ethyl adjacent to an activating group) is 1. The molecule has 0 fully saturated rings. The molecule has 3 aromatic rings. The first-order valence-electron chi connectivity index (χ1n) is 9.35. The van der Waals surface area contributed by atoms with Gasteiger partial charge in [0.2, 0.25) is 11.8 Å². The third kappa shape index (κ3) is 4.99. The lowest BCUT2D eigenvalue weighted by molar-refractivity contribution is -0.125. The largest absolute Gasteiger partial charge is 0.338 e. The van der Waals surface area contributed by atoms with Gasteiger partial charge in [0.15, 0.2) is 5.13 Å². The molecule has 2 aromatic carbocycles. The number of anilines is 2. The number of amides is 2. The Morgan fingerprint density at radius 1 is 1.13 bits per heavy atom. The van der Waals surface area contributed by atoms with Crippen LogP contribution in [-0.4, -0.2) is 28.7 Å². The van der Waals surface area contributed by atoms with Gasteiger partial charge in [0.1, 0.15) is 5.82 Å². The number of halogens is 1. The summed E-state index contributed by atoms with van der Waals surface area (Å²) in [5.41, 5.74) is 2.88. The molecule has 30 heavy (non-hydrogen) atoms. The number of benzene rings is 2. The molecule has 0 spiro atoms. The SMILES string of the molecule is CC(=O)N(c1nc(/C=C/C(=O)N(C)Cc2ccccc2C)cs1)c1ccccc1F. The van der Waals surface area contributed by atoms with Crippen molar-refractivity contribution in [2.75, 3.05) is 11.9 Å². The summed E-state index contributed by atoms with van der Waals surface area (Å²) in [6, 6.07) is 14.0. The van der Waals surface area contributed by atoms with Crippen molar-refractivity contribution in [2.24, 2.45) is 0 Å². The Morgan fingerprint density at radius 2 is 1.83 bits per heavy atom. The van der Waals surface area contributed by atoms with Crippen molar-refractivity contribution in [1.82, 2.24) is 9.88 Å². The molecule has 1 aromatic heterocycles. The summed E-state index contributed by atoms with van der Waals surface area (Å²) in [5.74, 6) is -1.02. The van der Waals surface area contributed by atoms with E-state index < -0.39 is 5.82 Å². The molecule has 0 aliphatic heterocycles. The fourth-order valence-electron chi connectivity index (χ4n) is 2.90. The van der Waals surface area contributed by atoms with Crippen LogP contribution in [0.5, 0.6) is 0 Å². The van der Waals surface area contributed by atoms with Gasteiger partial charge < -0.3 is 4.90 Å². The lowest BCUT2D eigenvalue weighted by atomic mass is 10.1. The van der Waals surface area contributed by atoms with E-state index in [0.717, 1.165) is 11.1 Å². The van der Waals surface area contributed by atoms with Gasteiger partial charge in [-0.25, -0.2) is 9.37 Å². The first kappa shape index (κ1) is 21.4. The molecule has 0 unspecified atom stereocenters. The molecular weight excluding hydrogens is 401 g/mol. The number of carbonyl (C=O) groups excluding carboxylic acids is 2. The van der Waals surface area contributed by atoms with Crippen LogP contribution in [0.1, 0.15) is 23.7 Å². The van der Waals surface area contributed by atoms with Crippen molar-refractivity contribution in [3.05, 3.63) is 82.6 Å². The number of aromatic nitrogens is 1. The predicted molar refractivity (Wildman–Crippen MR) is 118 cm³/mol. The van der Waals surface area contributed by atoms with Crippen molar-refractivity contribution in [1.29, 1.82) is 0 Å². The smallest absolute Gasteiger partial charge is 0.246 e. The molecule has 0 bridgehead atoms. The number of nitrogens with zero attached hydrogens (tertiary/aromatic N) is 3. The van der Waals surface area contributed by atoms with Crippen molar-refractivity contribution in [3.8, 4) is 0 Å². The van der Waals surface area contributed by atoms with E-state index in [0.29, 0.717) is 17.4 Å². The molecule has 0 aliphatic carbocycles. The van der Waals surface area contributed by atoms with E-state index in [1.165, 1.54) is 41.4 Å². The van der Waals surface area contributed by atoms with Crippen LogP contribution in [0.4, 0.5) is 15.2 Å². The zero-order chi connectivity index (χ0) is 21.7. The lowest BCUT2D eigenvalue weighted by Gasteiger charge is -2.18. The van der Waals surface area contributed by atoms with E-state index in [-0.39, 0.29) is 17.5 Å². The lowest BCUT2D eigenvalue weighted by Crippen LogP contribution is -2.24. The van der Waals surface area contributed by atoms with Gasteiger partial charge in [-0.15, -0.1) is 11.3 Å². The first-order valence-corrected chi connectivity index (χ1v) is 10.2. The number of thiazole rings is 1. The molecule has 0 atom stereocenters. The summed E-state index contributed by atoms with van der Waals surface area (Å²) in [7, 11) is 1.74. The fraction of sp³-hybridized carbons (Fsp3) is 0.174. The van der Waals surface area contributed by atoms with Crippen LogP contribution in [0, 0.1) is 12.7 Å². The Hall–Kier alpha value is -3.32. The van der Waals surface area contributed by atoms with Crippen LogP contribution in [-0.2, 0) is 16.1 Å². The Labute approximate surface area is 179 Å². The predicted octanol–water partition coefficient (Wildman–Crippen LogP) is 4.95. The number of carbonyl (C=O) groups is 2. The summed E-state index contributed by atoms with van der Waals surface area (Å²) in [4.78, 5) is 31.8. The fourth-order valence-corrected chi connectivity index (χ4v) is 3.75. The van der Waals surface area contributed by atoms with E-state index in [1.54, 1.807) is 35.5 Å². The van der Waals surface area contributed by atoms with E-state index in [4.69, 9.17) is 0 Å². The van der Waals surface area contributed by atoms with Gasteiger partial charge in [-0.05, 0) is 36.3 Å². The summed E-state index contributed by atoms with van der Waals surface area (Å²) < 4.78 is 14.2. The van der Waals surface area contributed by atoms with Crippen molar-refractivity contribution < 1.29 is 14.0 Å². The van der Waals surface area contributed by atoms with Crippen molar-refractivity contribution >= 4 is 40.0 Å². The van der Waals surface area contributed by atoms with E-state index in [2.05, 4.69) is 4.98 Å². The molecule has 0 N–H and O–H groups in total. The van der Waals surface area contributed by atoms with Gasteiger partial charge in [-0.3, -0.25) is 14.5 Å². The van der Waals surface area contributed by atoms with Gasteiger partial charge >= 0.3 is 0 Å². The van der Waals surface area contributed by atoms with Crippen LogP contribution >= 0.6 is 11.3 Å². The Balaban J connectivity index is 1.73. The molecule has 154 valence electrons. The van der Waals surface area contributed by atoms with Crippen LogP contribution in [0.25, 0.3) is 6.08 Å². The molecule has 7 heteroatoms. The summed E-state index contributed by atoms with van der Waals surface area (Å²) in [6.07, 6.45) is 3.04. The number of para-hydroxylation sites is 1. The molecule has 0 saturated carbocycles. The van der Waals surface area contributed by atoms with Crippen LogP contribution in [0.2, 0.25) is 0 Å². The number of aryl methyl sites for hydroxylation is 1. The number of hydrogen-bond acceptors (Lipinski definition) is 4. The molecule has 2 amide bonds. The maximum absolute atomic E-state index is 14.2. The summed E-state index contributed by atoms with van der Waals surface area (Å²) in [5, 5.41) is 2.06. The maximum Gasteiger partial charge on any atom is 0.246 e. The highest BCUT2D eigenvalue weighted by molar-refractivity contribution is 7.14. The Kier molecular flexibility index (Phi) is 6.74. The normalized spacial score (nSPS) is 10.9. The minimum Gasteiger partial charge on any atom is -0.338 e. The topological polar surface area (TPSA) is 53.5 Å². The van der Waals surface area contributed by atoms with E-state index >= 15 is 0 Å². The summed E-state index contributed by atoms with van der Waals surface area (Å²) >= 11 is 1.21. The zero-order valence-electron chi connectivity index (χ0n) is 17.0. The molecule has 0 radical (unpaired) electrons. The second-order valence-electron chi connectivity index (χ2n) is 6.81. The van der Waals surface area contributed by atoms with Crippen LogP contribution in [0.15, 0.2) is 60.0 Å². The molecule has 5 nitrogen and oxygen atoms in total. The third-order valence-corrected chi connectivity index (χ3v) is 5.40. The second-order valence-corrected chi connectivity index (χ2v) is 7.65. The Morgan fingerprint density at radius 3 is 2.53 bits per heavy atom. The minimum atomic E-state index is -0.506.